The lowest BCUT2D eigenvalue weighted by atomic mass is 9.99. The molecule has 0 saturated carbocycles. The maximum atomic E-state index is 10.6. The molecule has 1 saturated heterocycles. The van der Waals surface area contributed by atoms with Crippen LogP contribution in [0, 0.1) is 0 Å². The molecular weight excluding hydrogens is 412 g/mol. The molecule has 5 unspecified atom stereocenters. The van der Waals surface area contributed by atoms with Gasteiger partial charge in [-0.1, -0.05) is 18.2 Å². The molecule has 0 aliphatic carbocycles. The first-order valence-corrected chi connectivity index (χ1v) is 9.46. The van der Waals surface area contributed by atoms with Crippen molar-refractivity contribution in [3.63, 3.8) is 0 Å². The molecule has 0 bridgehead atoms. The zero-order valence-corrected chi connectivity index (χ0v) is 17.3. The lowest BCUT2D eigenvalue weighted by molar-refractivity contribution is -0.277. The van der Waals surface area contributed by atoms with Gasteiger partial charge in [0.25, 0.3) is 0 Å². The number of methoxy groups -OCH3 is 3. The standard InChI is InChI=1S/C21H26O10/c1-27-12-7-5-4-6-10(12)11-8-13(28-2)16(24)20(29-3)19(11)31-21-18(26)17(25)15(23)14(9-22)30-21/h4-8,14-15,17-18,21-26H,9H2,1-3H3. The number of phenols is 1. The second kappa shape index (κ2) is 9.58. The summed E-state index contributed by atoms with van der Waals surface area (Å²) in [6, 6.07) is 8.49. The van der Waals surface area contributed by atoms with E-state index in [0.29, 0.717) is 16.9 Å². The number of aromatic hydroxyl groups is 1. The number of hydrogen-bond donors (Lipinski definition) is 5. The summed E-state index contributed by atoms with van der Waals surface area (Å²) < 4.78 is 27.3. The lowest BCUT2D eigenvalue weighted by Crippen LogP contribution is -2.60. The van der Waals surface area contributed by atoms with Crippen molar-refractivity contribution < 1.29 is 49.2 Å². The van der Waals surface area contributed by atoms with Crippen LogP contribution in [0.5, 0.6) is 28.7 Å². The molecule has 31 heavy (non-hydrogen) atoms. The fourth-order valence-corrected chi connectivity index (χ4v) is 3.42. The topological polar surface area (TPSA) is 147 Å². The molecular formula is C21H26O10. The van der Waals surface area contributed by atoms with Crippen LogP contribution in [-0.2, 0) is 4.74 Å². The Hall–Kier alpha value is -2.76. The average molecular weight is 438 g/mol. The molecule has 0 spiro atoms. The third kappa shape index (κ3) is 4.21. The largest absolute Gasteiger partial charge is 0.502 e. The Kier molecular flexibility index (Phi) is 7.08. The predicted molar refractivity (Wildman–Crippen MR) is 108 cm³/mol. The molecule has 1 heterocycles. The Morgan fingerprint density at radius 1 is 0.839 bits per heavy atom. The summed E-state index contributed by atoms with van der Waals surface area (Å²) in [4.78, 5) is 0. The second-order valence-electron chi connectivity index (χ2n) is 6.85. The Labute approximate surface area is 178 Å². The van der Waals surface area contributed by atoms with Gasteiger partial charge in [0, 0.05) is 11.1 Å². The number of benzene rings is 2. The summed E-state index contributed by atoms with van der Waals surface area (Å²) in [6.07, 6.45) is -7.50. The van der Waals surface area contributed by atoms with E-state index in [4.69, 9.17) is 23.7 Å². The third-order valence-electron chi connectivity index (χ3n) is 5.08. The first-order chi connectivity index (χ1) is 14.9. The average Bonchev–Trinajstić information content (AvgIpc) is 2.79. The van der Waals surface area contributed by atoms with E-state index in [1.807, 2.05) is 0 Å². The van der Waals surface area contributed by atoms with Crippen molar-refractivity contribution in [2.75, 3.05) is 27.9 Å². The summed E-state index contributed by atoms with van der Waals surface area (Å²) in [5, 5.41) is 50.5. The van der Waals surface area contributed by atoms with Crippen LogP contribution in [0.15, 0.2) is 30.3 Å². The van der Waals surface area contributed by atoms with E-state index in [1.165, 1.54) is 27.4 Å². The third-order valence-corrected chi connectivity index (χ3v) is 5.08. The fourth-order valence-electron chi connectivity index (χ4n) is 3.42. The maximum Gasteiger partial charge on any atom is 0.229 e. The Morgan fingerprint density at radius 3 is 2.13 bits per heavy atom. The predicted octanol–water partition coefficient (Wildman–Crippen LogP) is 0.264. The summed E-state index contributed by atoms with van der Waals surface area (Å²) in [6.45, 7) is -0.616. The van der Waals surface area contributed by atoms with Gasteiger partial charge in [-0.2, -0.15) is 0 Å². The molecule has 5 atom stereocenters. The quantitative estimate of drug-likeness (QED) is 0.408. The number of aliphatic hydroxyl groups is 4. The van der Waals surface area contributed by atoms with E-state index in [2.05, 4.69) is 0 Å². The molecule has 170 valence electrons. The smallest absolute Gasteiger partial charge is 0.229 e. The van der Waals surface area contributed by atoms with Gasteiger partial charge in [0.05, 0.1) is 27.9 Å². The van der Waals surface area contributed by atoms with Crippen molar-refractivity contribution in [1.82, 2.24) is 0 Å². The van der Waals surface area contributed by atoms with Crippen molar-refractivity contribution in [1.29, 1.82) is 0 Å². The van der Waals surface area contributed by atoms with Gasteiger partial charge >= 0.3 is 0 Å². The van der Waals surface area contributed by atoms with Crippen LogP contribution in [-0.4, -0.2) is 84.2 Å². The number of phenolic OH excluding ortho intramolecular Hbond substituents is 1. The summed E-state index contributed by atoms with van der Waals surface area (Å²) >= 11 is 0. The van der Waals surface area contributed by atoms with Crippen LogP contribution >= 0.6 is 0 Å². The molecule has 3 rings (SSSR count). The van der Waals surface area contributed by atoms with Gasteiger partial charge in [-0.15, -0.1) is 0 Å². The minimum atomic E-state index is -1.66. The van der Waals surface area contributed by atoms with Crippen LogP contribution in [0.1, 0.15) is 0 Å². The van der Waals surface area contributed by atoms with E-state index in [1.54, 1.807) is 24.3 Å². The van der Waals surface area contributed by atoms with E-state index in [0.717, 1.165) is 0 Å². The first-order valence-electron chi connectivity index (χ1n) is 9.46. The number of para-hydroxylation sites is 1. The molecule has 2 aromatic carbocycles. The number of hydrogen-bond acceptors (Lipinski definition) is 10. The highest BCUT2D eigenvalue weighted by Crippen LogP contribution is 2.51. The highest BCUT2D eigenvalue weighted by molar-refractivity contribution is 5.82. The van der Waals surface area contributed by atoms with Gasteiger partial charge < -0.3 is 49.2 Å². The van der Waals surface area contributed by atoms with Crippen molar-refractivity contribution in [2.45, 2.75) is 30.7 Å². The van der Waals surface area contributed by atoms with E-state index in [-0.39, 0.29) is 23.0 Å². The number of aliphatic hydroxyl groups excluding tert-OH is 4. The van der Waals surface area contributed by atoms with Crippen LogP contribution in [0.4, 0.5) is 0 Å². The Morgan fingerprint density at radius 2 is 1.52 bits per heavy atom. The lowest BCUT2D eigenvalue weighted by Gasteiger charge is -2.40. The first kappa shape index (κ1) is 22.9. The van der Waals surface area contributed by atoms with Crippen LogP contribution in [0.2, 0.25) is 0 Å². The van der Waals surface area contributed by atoms with Crippen LogP contribution < -0.4 is 18.9 Å². The van der Waals surface area contributed by atoms with Gasteiger partial charge in [0.1, 0.15) is 30.2 Å². The molecule has 5 N–H and O–H groups in total. The fraction of sp³-hybridized carbons (Fsp3) is 0.429. The minimum absolute atomic E-state index is 0.0328. The zero-order chi connectivity index (χ0) is 22.7. The molecule has 0 aromatic heterocycles. The van der Waals surface area contributed by atoms with Crippen LogP contribution in [0.25, 0.3) is 11.1 Å². The highest BCUT2D eigenvalue weighted by Gasteiger charge is 2.45. The summed E-state index contributed by atoms with van der Waals surface area (Å²) in [5.41, 5.74) is 0.933. The van der Waals surface area contributed by atoms with Gasteiger partial charge in [-0.3, -0.25) is 0 Å². The van der Waals surface area contributed by atoms with E-state index < -0.39 is 37.3 Å². The van der Waals surface area contributed by atoms with Gasteiger partial charge in [-0.25, -0.2) is 0 Å². The monoisotopic (exact) mass is 438 g/mol. The Balaban J connectivity index is 2.15. The molecule has 10 nitrogen and oxygen atoms in total. The molecule has 0 radical (unpaired) electrons. The summed E-state index contributed by atoms with van der Waals surface area (Å²) in [7, 11) is 4.17. The van der Waals surface area contributed by atoms with Crippen molar-refractivity contribution in [3.05, 3.63) is 30.3 Å². The number of ether oxygens (including phenoxy) is 5. The van der Waals surface area contributed by atoms with Gasteiger partial charge in [-0.05, 0) is 12.1 Å². The van der Waals surface area contributed by atoms with E-state index >= 15 is 0 Å². The van der Waals surface area contributed by atoms with Crippen molar-refractivity contribution in [2.24, 2.45) is 0 Å². The van der Waals surface area contributed by atoms with E-state index in [9.17, 15) is 25.5 Å². The number of rotatable bonds is 7. The van der Waals surface area contributed by atoms with Gasteiger partial charge in [0.15, 0.2) is 11.5 Å². The zero-order valence-electron chi connectivity index (χ0n) is 17.3. The minimum Gasteiger partial charge on any atom is -0.502 e. The second-order valence-corrected chi connectivity index (χ2v) is 6.85. The van der Waals surface area contributed by atoms with Crippen molar-refractivity contribution >= 4 is 0 Å². The Bertz CT molecular complexity index is 900. The molecule has 0 amide bonds. The molecule has 1 fully saturated rings. The molecule has 2 aromatic rings. The highest BCUT2D eigenvalue weighted by atomic mass is 16.7. The van der Waals surface area contributed by atoms with Gasteiger partial charge in [0.2, 0.25) is 17.8 Å². The SMILES string of the molecule is COc1ccccc1-c1cc(OC)c(O)c(OC)c1OC1OC(CO)C(O)C(O)C1O. The normalized spacial score (nSPS) is 25.7. The molecule has 10 heteroatoms. The molecule has 1 aliphatic heterocycles. The van der Waals surface area contributed by atoms with Crippen LogP contribution in [0.3, 0.4) is 0 Å². The molecule has 1 aliphatic rings. The summed E-state index contributed by atoms with van der Waals surface area (Å²) in [5.74, 6) is 0.0740. The van der Waals surface area contributed by atoms with Crippen molar-refractivity contribution in [3.8, 4) is 39.9 Å². The maximum absolute atomic E-state index is 10.6.